The Morgan fingerprint density at radius 3 is 2.18 bits per heavy atom. The number of fused-ring (bicyclic) bond motifs is 1. The molecule has 2 aromatic heterocycles. The lowest BCUT2D eigenvalue weighted by Crippen LogP contribution is -2.50. The lowest BCUT2D eigenvalue weighted by Gasteiger charge is -2.35. The molecule has 1 fully saturated rings. The number of carbonyl (C=O) groups excluding carboxylic acids is 2. The Bertz CT molecular complexity index is 1000. The summed E-state index contributed by atoms with van der Waals surface area (Å²) in [5.74, 6) is -0.757. The van der Waals surface area contributed by atoms with Gasteiger partial charge in [0, 0.05) is 35.6 Å². The highest BCUT2D eigenvalue weighted by Crippen LogP contribution is 2.33. The highest BCUT2D eigenvalue weighted by atomic mass is 32.1. The number of nitrogens with zero attached hydrogens (tertiary/aromatic N) is 2. The fourth-order valence-electron chi connectivity index (χ4n) is 3.23. The van der Waals surface area contributed by atoms with Gasteiger partial charge in [0.1, 0.15) is 0 Å². The van der Waals surface area contributed by atoms with Gasteiger partial charge in [-0.25, -0.2) is 0 Å². The maximum Gasteiger partial charge on any atom is 0.417 e. The first-order valence-corrected chi connectivity index (χ1v) is 10.3. The minimum absolute atomic E-state index is 0.101. The van der Waals surface area contributed by atoms with Crippen LogP contribution in [-0.4, -0.2) is 47.8 Å². The molecule has 3 heterocycles. The molecule has 0 aliphatic carbocycles. The summed E-state index contributed by atoms with van der Waals surface area (Å²) in [6, 6.07) is 8.63. The molecule has 1 saturated heterocycles. The van der Waals surface area contributed by atoms with Crippen LogP contribution < -0.4 is 0 Å². The second-order valence-electron chi connectivity index (χ2n) is 6.39. The largest absolute Gasteiger partial charge is 0.417 e. The minimum atomic E-state index is -4.59. The normalized spacial score (nSPS) is 15.2. The molecule has 0 spiro atoms. The van der Waals surface area contributed by atoms with E-state index in [1.165, 1.54) is 34.4 Å². The van der Waals surface area contributed by atoms with Crippen LogP contribution in [0.15, 0.2) is 41.8 Å². The highest BCUT2D eigenvalue weighted by Gasteiger charge is 2.36. The first-order chi connectivity index (χ1) is 13.3. The Morgan fingerprint density at radius 2 is 1.54 bits per heavy atom. The molecule has 0 saturated carbocycles. The third kappa shape index (κ3) is 3.51. The number of benzene rings is 1. The molecule has 4 nitrogen and oxygen atoms in total. The quantitative estimate of drug-likeness (QED) is 0.604. The van der Waals surface area contributed by atoms with Crippen molar-refractivity contribution in [3.8, 4) is 0 Å². The molecule has 0 radical (unpaired) electrons. The average molecular weight is 424 g/mol. The summed E-state index contributed by atoms with van der Waals surface area (Å²) in [7, 11) is 0. The number of hydrogen-bond acceptors (Lipinski definition) is 4. The monoisotopic (exact) mass is 424 g/mol. The molecule has 9 heteroatoms. The molecular formula is C19H15F3N2O2S2. The van der Waals surface area contributed by atoms with Gasteiger partial charge in [0.2, 0.25) is 0 Å². The Morgan fingerprint density at radius 1 is 0.893 bits per heavy atom. The zero-order valence-corrected chi connectivity index (χ0v) is 16.2. The highest BCUT2D eigenvalue weighted by molar-refractivity contribution is 7.27. The van der Waals surface area contributed by atoms with Crippen LogP contribution in [0.25, 0.3) is 9.40 Å². The lowest BCUT2D eigenvalue weighted by atomic mass is 10.1. The van der Waals surface area contributed by atoms with Crippen molar-refractivity contribution >= 4 is 43.9 Å². The van der Waals surface area contributed by atoms with E-state index < -0.39 is 17.6 Å². The van der Waals surface area contributed by atoms with Crippen molar-refractivity contribution in [2.45, 2.75) is 6.18 Å². The first-order valence-electron chi connectivity index (χ1n) is 8.56. The molecule has 2 amide bonds. The standard InChI is InChI=1S/C19H15F3N2O2S2/c20-19(21,22)13-4-2-1-3-12(13)17(25)23-6-8-24(9-7-23)18(26)16-11-15-14(28-16)5-10-27-15/h1-5,10-11H,6-9H2. The molecule has 3 aromatic rings. The van der Waals surface area contributed by atoms with E-state index in [-0.39, 0.29) is 24.6 Å². The van der Waals surface area contributed by atoms with Crippen LogP contribution in [0.4, 0.5) is 13.2 Å². The van der Waals surface area contributed by atoms with Gasteiger partial charge in [0.05, 0.1) is 16.0 Å². The molecule has 1 aliphatic heterocycles. The zero-order valence-electron chi connectivity index (χ0n) is 14.5. The van der Waals surface area contributed by atoms with Crippen LogP contribution in [0, 0.1) is 0 Å². The Labute approximate surface area is 166 Å². The molecule has 1 aliphatic rings. The number of hydrogen-bond donors (Lipinski definition) is 0. The number of halogens is 3. The number of amides is 2. The van der Waals surface area contributed by atoms with Crippen LogP contribution in [0.1, 0.15) is 25.6 Å². The molecular weight excluding hydrogens is 409 g/mol. The van der Waals surface area contributed by atoms with Crippen molar-refractivity contribution in [3.05, 3.63) is 57.8 Å². The fraction of sp³-hybridized carbons (Fsp3) is 0.263. The number of piperazine rings is 1. The van der Waals surface area contributed by atoms with Crippen LogP contribution in [-0.2, 0) is 6.18 Å². The average Bonchev–Trinajstić information content (AvgIpc) is 3.28. The van der Waals surface area contributed by atoms with E-state index in [4.69, 9.17) is 0 Å². The van der Waals surface area contributed by atoms with Gasteiger partial charge >= 0.3 is 6.18 Å². The number of alkyl halides is 3. The van der Waals surface area contributed by atoms with Crippen LogP contribution >= 0.6 is 22.7 Å². The van der Waals surface area contributed by atoms with Crippen molar-refractivity contribution in [2.75, 3.05) is 26.2 Å². The van der Waals surface area contributed by atoms with Crippen molar-refractivity contribution in [3.63, 3.8) is 0 Å². The number of carbonyl (C=O) groups is 2. The third-order valence-corrected chi connectivity index (χ3v) is 6.75. The second-order valence-corrected chi connectivity index (χ2v) is 8.42. The van der Waals surface area contributed by atoms with Gasteiger partial charge in [-0.3, -0.25) is 9.59 Å². The second kappa shape index (κ2) is 7.21. The van der Waals surface area contributed by atoms with E-state index in [1.807, 2.05) is 17.5 Å². The summed E-state index contributed by atoms with van der Waals surface area (Å²) in [4.78, 5) is 29.0. The molecule has 28 heavy (non-hydrogen) atoms. The molecule has 146 valence electrons. The van der Waals surface area contributed by atoms with E-state index in [0.29, 0.717) is 18.0 Å². The summed E-state index contributed by atoms with van der Waals surface area (Å²) < 4.78 is 41.6. The van der Waals surface area contributed by atoms with Crippen molar-refractivity contribution < 1.29 is 22.8 Å². The van der Waals surface area contributed by atoms with Gasteiger partial charge in [-0.1, -0.05) is 12.1 Å². The van der Waals surface area contributed by atoms with Crippen LogP contribution in [0.3, 0.4) is 0 Å². The molecule has 1 aromatic carbocycles. The first kappa shape index (κ1) is 18.9. The maximum absolute atomic E-state index is 13.2. The van der Waals surface area contributed by atoms with E-state index >= 15 is 0 Å². The summed E-state index contributed by atoms with van der Waals surface area (Å²) >= 11 is 3.00. The lowest BCUT2D eigenvalue weighted by molar-refractivity contribution is -0.138. The van der Waals surface area contributed by atoms with Gasteiger partial charge in [-0.05, 0) is 29.6 Å². The topological polar surface area (TPSA) is 40.6 Å². The minimum Gasteiger partial charge on any atom is -0.335 e. The molecule has 0 unspecified atom stereocenters. The van der Waals surface area contributed by atoms with Gasteiger partial charge in [-0.15, -0.1) is 22.7 Å². The molecule has 0 atom stereocenters. The smallest absolute Gasteiger partial charge is 0.335 e. The van der Waals surface area contributed by atoms with E-state index in [9.17, 15) is 22.8 Å². The van der Waals surface area contributed by atoms with Crippen molar-refractivity contribution in [1.29, 1.82) is 0 Å². The van der Waals surface area contributed by atoms with Crippen molar-refractivity contribution in [1.82, 2.24) is 9.80 Å². The van der Waals surface area contributed by atoms with Gasteiger partial charge in [0.25, 0.3) is 11.8 Å². The summed E-state index contributed by atoms with van der Waals surface area (Å²) in [6.45, 7) is 1.00. The Kier molecular flexibility index (Phi) is 4.88. The van der Waals surface area contributed by atoms with Crippen LogP contribution in [0.2, 0.25) is 0 Å². The maximum atomic E-state index is 13.2. The predicted octanol–water partition coefficient (Wildman–Crippen LogP) is 4.58. The third-order valence-electron chi connectivity index (χ3n) is 4.67. The van der Waals surface area contributed by atoms with E-state index in [2.05, 4.69) is 0 Å². The van der Waals surface area contributed by atoms with Gasteiger partial charge in [-0.2, -0.15) is 13.2 Å². The molecule has 0 N–H and O–H groups in total. The van der Waals surface area contributed by atoms with Gasteiger partial charge in [0.15, 0.2) is 0 Å². The molecule has 0 bridgehead atoms. The van der Waals surface area contributed by atoms with Crippen molar-refractivity contribution in [2.24, 2.45) is 0 Å². The van der Waals surface area contributed by atoms with E-state index in [0.717, 1.165) is 15.5 Å². The molecule has 4 rings (SSSR count). The number of thiophene rings is 2. The fourth-order valence-corrected chi connectivity index (χ4v) is 5.30. The Balaban J connectivity index is 1.45. The summed E-state index contributed by atoms with van der Waals surface area (Å²) in [6.07, 6.45) is -4.59. The SMILES string of the molecule is O=C(c1cc2sccc2s1)N1CCN(C(=O)c2ccccc2C(F)(F)F)CC1. The van der Waals surface area contributed by atoms with Gasteiger partial charge < -0.3 is 9.80 Å². The van der Waals surface area contributed by atoms with E-state index in [1.54, 1.807) is 16.2 Å². The van der Waals surface area contributed by atoms with Crippen LogP contribution in [0.5, 0.6) is 0 Å². The number of rotatable bonds is 2. The Hall–Kier alpha value is -2.39. The zero-order chi connectivity index (χ0) is 19.9. The predicted molar refractivity (Wildman–Crippen MR) is 103 cm³/mol. The summed E-state index contributed by atoms with van der Waals surface area (Å²) in [5.41, 5.74) is -1.29. The summed E-state index contributed by atoms with van der Waals surface area (Å²) in [5, 5.41) is 1.97.